The number of aryl methyl sites for hydroxylation is 2. The van der Waals surface area contributed by atoms with Crippen LogP contribution in [0.5, 0.6) is 5.75 Å². The molecular formula is C19H18ClF4N5O3. The number of H-pyrrole nitrogens is 1. The van der Waals surface area contributed by atoms with Crippen molar-refractivity contribution in [3.05, 3.63) is 46.4 Å². The first kappa shape index (κ1) is 23.5. The zero-order valence-corrected chi connectivity index (χ0v) is 17.8. The number of carbonyl (C=O) groups is 1. The number of aromatic nitrogens is 4. The number of aromatic amines is 1. The quantitative estimate of drug-likeness (QED) is 0.464. The number of aliphatic hydroxyl groups is 1. The van der Waals surface area contributed by atoms with Crippen molar-refractivity contribution in [1.82, 2.24) is 19.7 Å². The van der Waals surface area contributed by atoms with Gasteiger partial charge in [0.25, 0.3) is 5.91 Å². The zero-order chi connectivity index (χ0) is 23.8. The summed E-state index contributed by atoms with van der Waals surface area (Å²) in [6, 6.07) is 1.70. The summed E-state index contributed by atoms with van der Waals surface area (Å²) in [6.07, 6.45) is -4.27. The summed E-state index contributed by atoms with van der Waals surface area (Å²) in [7, 11) is 1.57. The molecule has 0 radical (unpaired) electrons. The van der Waals surface area contributed by atoms with E-state index in [1.807, 2.05) is 0 Å². The molecule has 0 aliphatic heterocycles. The van der Waals surface area contributed by atoms with Gasteiger partial charge in [0.1, 0.15) is 29.2 Å². The van der Waals surface area contributed by atoms with Crippen LogP contribution in [0.2, 0.25) is 5.15 Å². The van der Waals surface area contributed by atoms with Crippen LogP contribution in [-0.4, -0.2) is 43.5 Å². The summed E-state index contributed by atoms with van der Waals surface area (Å²) >= 11 is 5.87. The number of hydrogen-bond donors (Lipinski definition) is 3. The Bertz CT molecular complexity index is 1140. The van der Waals surface area contributed by atoms with Crippen molar-refractivity contribution in [1.29, 1.82) is 0 Å². The SMILES string of the molecule is Cc1[nH]nc(Cl)c1NC(=O)c1cc(F)c(-c2cn(C)c(C(C)O)n2)cc1OCC(F)(F)F. The number of alkyl halides is 3. The van der Waals surface area contributed by atoms with Gasteiger partial charge in [-0.1, -0.05) is 11.6 Å². The topological polar surface area (TPSA) is 105 Å². The molecule has 8 nitrogen and oxygen atoms in total. The van der Waals surface area contributed by atoms with E-state index in [0.717, 1.165) is 12.1 Å². The molecule has 0 spiro atoms. The Morgan fingerprint density at radius 3 is 2.62 bits per heavy atom. The van der Waals surface area contributed by atoms with E-state index in [1.54, 1.807) is 14.0 Å². The van der Waals surface area contributed by atoms with E-state index in [4.69, 9.17) is 16.3 Å². The van der Waals surface area contributed by atoms with Crippen LogP contribution in [0.3, 0.4) is 0 Å². The van der Waals surface area contributed by atoms with Gasteiger partial charge in [-0.3, -0.25) is 9.89 Å². The Hall–Kier alpha value is -3.12. The summed E-state index contributed by atoms with van der Waals surface area (Å²) in [5.41, 5.74) is -0.178. The Kier molecular flexibility index (Phi) is 6.46. The molecule has 0 aliphatic rings. The standard InChI is InChI=1S/C19H18ClF4N5O3/c1-8-15(16(20)28-27-8)26-18(31)11-4-12(21)10(5-14(11)32-7-19(22,23)24)13-6-29(3)17(25-13)9(2)30/h4-6,9,30H,7H2,1-3H3,(H,26,31)(H,27,28). The predicted octanol–water partition coefficient (Wildman–Crippen LogP) is 4.16. The molecule has 32 heavy (non-hydrogen) atoms. The number of halogens is 5. The Labute approximate surface area is 184 Å². The first-order chi connectivity index (χ1) is 14.9. The van der Waals surface area contributed by atoms with Gasteiger partial charge in [0.15, 0.2) is 11.8 Å². The van der Waals surface area contributed by atoms with E-state index in [2.05, 4.69) is 20.5 Å². The smallest absolute Gasteiger partial charge is 0.422 e. The van der Waals surface area contributed by atoms with Gasteiger partial charge in [0.2, 0.25) is 0 Å². The van der Waals surface area contributed by atoms with Crippen molar-refractivity contribution in [3.8, 4) is 17.0 Å². The largest absolute Gasteiger partial charge is 0.483 e. The van der Waals surface area contributed by atoms with Crippen molar-refractivity contribution in [2.24, 2.45) is 7.05 Å². The number of nitrogens with one attached hydrogen (secondary N) is 2. The predicted molar refractivity (Wildman–Crippen MR) is 107 cm³/mol. The average Bonchev–Trinajstić information content (AvgIpc) is 3.23. The van der Waals surface area contributed by atoms with Gasteiger partial charge >= 0.3 is 6.18 Å². The summed E-state index contributed by atoms with van der Waals surface area (Å²) in [6.45, 7) is 1.31. The summed E-state index contributed by atoms with van der Waals surface area (Å²) < 4.78 is 59.5. The van der Waals surface area contributed by atoms with Crippen molar-refractivity contribution in [3.63, 3.8) is 0 Å². The van der Waals surface area contributed by atoms with E-state index < -0.39 is 41.9 Å². The highest BCUT2D eigenvalue weighted by atomic mass is 35.5. The lowest BCUT2D eigenvalue weighted by atomic mass is 10.1. The maximum absolute atomic E-state index is 14.9. The Morgan fingerprint density at radius 2 is 2.09 bits per heavy atom. The van der Waals surface area contributed by atoms with Gasteiger partial charge in [-0.15, -0.1) is 0 Å². The lowest BCUT2D eigenvalue weighted by Crippen LogP contribution is -2.21. The molecule has 13 heteroatoms. The van der Waals surface area contributed by atoms with Crippen LogP contribution < -0.4 is 10.1 Å². The number of aliphatic hydroxyl groups excluding tert-OH is 1. The lowest BCUT2D eigenvalue weighted by Gasteiger charge is -2.15. The molecular weight excluding hydrogens is 458 g/mol. The maximum Gasteiger partial charge on any atom is 0.422 e. The van der Waals surface area contributed by atoms with Crippen molar-refractivity contribution < 1.29 is 32.2 Å². The molecule has 2 aromatic heterocycles. The van der Waals surface area contributed by atoms with Gasteiger partial charge in [0.05, 0.1) is 17.0 Å². The highest BCUT2D eigenvalue weighted by molar-refractivity contribution is 6.33. The molecule has 1 amide bonds. The van der Waals surface area contributed by atoms with E-state index in [1.165, 1.54) is 17.7 Å². The molecule has 0 bridgehead atoms. The van der Waals surface area contributed by atoms with Crippen LogP contribution in [0.4, 0.5) is 23.2 Å². The molecule has 3 aromatic rings. The van der Waals surface area contributed by atoms with E-state index in [0.29, 0.717) is 5.69 Å². The number of carbonyl (C=O) groups excluding carboxylic acids is 1. The van der Waals surface area contributed by atoms with Crippen molar-refractivity contribution in [2.75, 3.05) is 11.9 Å². The molecule has 0 saturated carbocycles. The molecule has 2 heterocycles. The molecule has 0 saturated heterocycles. The van der Waals surface area contributed by atoms with E-state index >= 15 is 0 Å². The fourth-order valence-corrected chi connectivity index (χ4v) is 3.16. The first-order valence-corrected chi connectivity index (χ1v) is 9.51. The average molecular weight is 476 g/mol. The molecule has 0 fully saturated rings. The van der Waals surface area contributed by atoms with E-state index in [9.17, 15) is 27.5 Å². The van der Waals surface area contributed by atoms with Crippen molar-refractivity contribution in [2.45, 2.75) is 26.1 Å². The molecule has 172 valence electrons. The number of imidazole rings is 1. The number of ether oxygens (including phenoxy) is 1. The van der Waals surface area contributed by atoms with E-state index in [-0.39, 0.29) is 27.9 Å². The third-order valence-corrected chi connectivity index (χ3v) is 4.68. The van der Waals surface area contributed by atoms with Crippen LogP contribution in [-0.2, 0) is 7.05 Å². The lowest BCUT2D eigenvalue weighted by molar-refractivity contribution is -0.153. The first-order valence-electron chi connectivity index (χ1n) is 9.14. The minimum absolute atomic E-state index is 0.0402. The van der Waals surface area contributed by atoms with Gasteiger partial charge < -0.3 is 19.7 Å². The van der Waals surface area contributed by atoms with Crippen LogP contribution in [0.1, 0.15) is 34.9 Å². The second-order valence-corrected chi connectivity index (χ2v) is 7.33. The fourth-order valence-electron chi connectivity index (χ4n) is 2.93. The third kappa shape index (κ3) is 5.02. The second kappa shape index (κ2) is 8.79. The Balaban J connectivity index is 2.05. The van der Waals surface area contributed by atoms with Gasteiger partial charge in [0, 0.05) is 18.8 Å². The normalized spacial score (nSPS) is 12.7. The van der Waals surface area contributed by atoms with Crippen LogP contribution in [0.15, 0.2) is 18.3 Å². The molecule has 1 atom stereocenters. The minimum atomic E-state index is -4.70. The number of benzene rings is 1. The summed E-state index contributed by atoms with van der Waals surface area (Å²) in [5.74, 6) is -2.19. The maximum atomic E-state index is 14.9. The van der Waals surface area contributed by atoms with Crippen molar-refractivity contribution >= 4 is 23.2 Å². The number of nitrogens with zero attached hydrogens (tertiary/aromatic N) is 3. The molecule has 3 N–H and O–H groups in total. The minimum Gasteiger partial charge on any atom is -0.483 e. The number of amides is 1. The van der Waals surface area contributed by atoms with Crippen LogP contribution in [0.25, 0.3) is 11.3 Å². The molecule has 3 rings (SSSR count). The highest BCUT2D eigenvalue weighted by Crippen LogP contribution is 2.33. The zero-order valence-electron chi connectivity index (χ0n) is 17.0. The second-order valence-electron chi connectivity index (χ2n) is 6.97. The van der Waals surface area contributed by atoms with Gasteiger partial charge in [-0.05, 0) is 26.0 Å². The van der Waals surface area contributed by atoms with Crippen LogP contribution in [0, 0.1) is 12.7 Å². The highest BCUT2D eigenvalue weighted by Gasteiger charge is 2.30. The third-order valence-electron chi connectivity index (χ3n) is 4.41. The van der Waals surface area contributed by atoms with Gasteiger partial charge in [-0.25, -0.2) is 9.37 Å². The Morgan fingerprint density at radius 1 is 1.41 bits per heavy atom. The fraction of sp³-hybridized carbons (Fsp3) is 0.316. The number of hydrogen-bond acceptors (Lipinski definition) is 5. The number of anilines is 1. The van der Waals surface area contributed by atoms with Gasteiger partial charge in [-0.2, -0.15) is 18.3 Å². The van der Waals surface area contributed by atoms with Crippen LogP contribution >= 0.6 is 11.6 Å². The summed E-state index contributed by atoms with van der Waals surface area (Å²) in [5, 5.41) is 18.3. The summed E-state index contributed by atoms with van der Waals surface area (Å²) in [4.78, 5) is 16.8. The molecule has 0 aliphatic carbocycles. The molecule has 1 unspecified atom stereocenters. The number of rotatable bonds is 6. The monoisotopic (exact) mass is 475 g/mol. The molecule has 1 aromatic carbocycles.